The van der Waals surface area contributed by atoms with Gasteiger partial charge in [0.05, 0.1) is 0 Å². The molecule has 4 heteroatoms. The van der Waals surface area contributed by atoms with E-state index in [4.69, 9.17) is 9.94 Å². The van der Waals surface area contributed by atoms with Gasteiger partial charge in [-0.1, -0.05) is 81.4 Å². The third-order valence-electron chi connectivity index (χ3n) is 4.68. The third-order valence-corrected chi connectivity index (χ3v) is 4.68. The van der Waals surface area contributed by atoms with E-state index in [2.05, 4.69) is 37.7 Å². The Bertz CT molecular complexity index is 608. The molecule has 1 aromatic carbocycles. The molecular formula is C24H37NO3. The molecule has 0 aliphatic rings. The first kappa shape index (κ1) is 23.9. The third kappa shape index (κ3) is 10.9. The molecule has 156 valence electrons. The Hall–Kier alpha value is -2.10. The number of unbranched alkanes of at least 4 members (excludes halogenated alkanes) is 7. The summed E-state index contributed by atoms with van der Waals surface area (Å²) >= 11 is 0. The molecule has 0 aromatic heterocycles. The minimum atomic E-state index is -0.527. The van der Waals surface area contributed by atoms with E-state index in [1.165, 1.54) is 31.2 Å². The molecule has 0 aliphatic carbocycles. The second kappa shape index (κ2) is 14.9. The van der Waals surface area contributed by atoms with Crippen molar-refractivity contribution in [2.45, 2.75) is 84.7 Å². The molecule has 0 fully saturated rings. The van der Waals surface area contributed by atoms with Crippen LogP contribution in [0.4, 0.5) is 0 Å². The van der Waals surface area contributed by atoms with E-state index < -0.39 is 5.97 Å². The number of carbonyl (C=O) groups excluding carboxylic acids is 1. The van der Waals surface area contributed by atoms with Crippen LogP contribution in [0.2, 0.25) is 0 Å². The predicted octanol–water partition coefficient (Wildman–Crippen LogP) is 6.46. The number of allylic oxidation sites excluding steroid dienone is 1. The van der Waals surface area contributed by atoms with Gasteiger partial charge in [-0.25, -0.2) is 4.79 Å². The minimum absolute atomic E-state index is 0.115. The maximum atomic E-state index is 12.2. The molecule has 0 atom stereocenters. The monoisotopic (exact) mass is 387 g/mol. The molecule has 0 saturated heterocycles. The predicted molar refractivity (Wildman–Crippen MR) is 116 cm³/mol. The number of hydrogen-bond acceptors (Lipinski definition) is 4. The Balaban J connectivity index is 2.26. The number of nitrogens with zero attached hydrogens (tertiary/aromatic N) is 1. The molecule has 1 N–H and O–H groups in total. The van der Waals surface area contributed by atoms with Crippen molar-refractivity contribution in [3.63, 3.8) is 0 Å². The number of rotatable bonds is 15. The Morgan fingerprint density at radius 3 is 2.39 bits per heavy atom. The van der Waals surface area contributed by atoms with Crippen molar-refractivity contribution in [2.24, 2.45) is 11.1 Å². The molecule has 0 bridgehead atoms. The molecule has 0 saturated carbocycles. The number of carbonyl (C=O) groups is 1. The van der Waals surface area contributed by atoms with Crippen molar-refractivity contribution in [3.8, 4) is 0 Å². The molecule has 28 heavy (non-hydrogen) atoms. The van der Waals surface area contributed by atoms with Crippen LogP contribution in [0.5, 0.6) is 0 Å². The summed E-state index contributed by atoms with van der Waals surface area (Å²) in [5, 5.41) is 12.3. The summed E-state index contributed by atoms with van der Waals surface area (Å²) in [5.41, 5.74) is 2.31. The van der Waals surface area contributed by atoms with Gasteiger partial charge in [0.1, 0.15) is 6.61 Å². The fourth-order valence-electron chi connectivity index (χ4n) is 3.21. The Morgan fingerprint density at radius 2 is 1.75 bits per heavy atom. The molecule has 0 aliphatic heterocycles. The molecule has 0 radical (unpaired) electrons. The van der Waals surface area contributed by atoms with Crippen LogP contribution in [-0.4, -0.2) is 16.9 Å². The molecule has 0 spiro atoms. The van der Waals surface area contributed by atoms with Crippen LogP contribution in [0.15, 0.2) is 42.1 Å². The quantitative estimate of drug-likeness (QED) is 0.0938. The average molecular weight is 388 g/mol. The van der Waals surface area contributed by atoms with Crippen LogP contribution < -0.4 is 0 Å². The topological polar surface area (TPSA) is 58.9 Å². The summed E-state index contributed by atoms with van der Waals surface area (Å²) in [7, 11) is 0. The maximum Gasteiger partial charge on any atom is 0.356 e. The van der Waals surface area contributed by atoms with Crippen LogP contribution in [0.1, 0.15) is 82.8 Å². The normalized spacial score (nSPS) is 11.6. The Labute approximate surface area is 170 Å². The summed E-state index contributed by atoms with van der Waals surface area (Å²) < 4.78 is 5.34. The van der Waals surface area contributed by atoms with Gasteiger partial charge < -0.3 is 9.94 Å². The van der Waals surface area contributed by atoms with Gasteiger partial charge in [0.2, 0.25) is 0 Å². The fourth-order valence-corrected chi connectivity index (χ4v) is 3.21. The first-order chi connectivity index (χ1) is 13.6. The number of ether oxygens (including phenoxy) is 1. The molecule has 0 amide bonds. The highest BCUT2D eigenvalue weighted by molar-refractivity contribution is 6.36. The van der Waals surface area contributed by atoms with Crippen LogP contribution in [0, 0.1) is 5.92 Å². The van der Waals surface area contributed by atoms with Crippen molar-refractivity contribution >= 4 is 11.7 Å². The van der Waals surface area contributed by atoms with E-state index in [0.29, 0.717) is 12.3 Å². The lowest BCUT2D eigenvalue weighted by Crippen LogP contribution is -2.17. The molecular weight excluding hydrogens is 350 g/mol. The van der Waals surface area contributed by atoms with Gasteiger partial charge in [-0.15, -0.1) is 6.58 Å². The SMILES string of the molecule is C=CCCCCCCCCC/C(=N/O)C(=O)OCc1cccc(CC(C)C)c1. The van der Waals surface area contributed by atoms with Crippen LogP contribution in [-0.2, 0) is 22.6 Å². The highest BCUT2D eigenvalue weighted by atomic mass is 16.5. The lowest BCUT2D eigenvalue weighted by atomic mass is 10.0. The first-order valence-corrected chi connectivity index (χ1v) is 10.6. The smallest absolute Gasteiger partial charge is 0.356 e. The van der Waals surface area contributed by atoms with E-state index in [-0.39, 0.29) is 12.3 Å². The zero-order valence-corrected chi connectivity index (χ0v) is 17.7. The van der Waals surface area contributed by atoms with Crippen molar-refractivity contribution < 1.29 is 14.7 Å². The first-order valence-electron chi connectivity index (χ1n) is 10.6. The van der Waals surface area contributed by atoms with Gasteiger partial charge in [-0.2, -0.15) is 0 Å². The molecule has 4 nitrogen and oxygen atoms in total. The zero-order chi connectivity index (χ0) is 20.6. The van der Waals surface area contributed by atoms with E-state index >= 15 is 0 Å². The summed E-state index contributed by atoms with van der Waals surface area (Å²) in [6.45, 7) is 8.30. The van der Waals surface area contributed by atoms with Crippen LogP contribution in [0.25, 0.3) is 0 Å². The van der Waals surface area contributed by atoms with E-state index in [1.807, 2.05) is 18.2 Å². The largest absolute Gasteiger partial charge is 0.456 e. The van der Waals surface area contributed by atoms with Gasteiger partial charge in [-0.05, 0) is 42.7 Å². The Morgan fingerprint density at radius 1 is 1.11 bits per heavy atom. The lowest BCUT2D eigenvalue weighted by molar-refractivity contribution is -0.137. The number of hydrogen-bond donors (Lipinski definition) is 1. The number of esters is 1. The molecule has 0 heterocycles. The van der Waals surface area contributed by atoms with Gasteiger partial charge in [0.15, 0.2) is 5.71 Å². The lowest BCUT2D eigenvalue weighted by Gasteiger charge is -2.09. The Kier molecular flexibility index (Phi) is 12.7. The van der Waals surface area contributed by atoms with Crippen LogP contribution in [0.3, 0.4) is 0 Å². The fraction of sp³-hybridized carbons (Fsp3) is 0.583. The number of benzene rings is 1. The standard InChI is InChI=1S/C24H37NO3/c1-4-5-6-7-8-9-10-11-12-16-23(25-27)24(26)28-19-22-15-13-14-21(18-22)17-20(2)3/h4,13-15,18,20,27H,1,5-12,16-17,19H2,2-3H3/b25-23-. The van der Waals surface area contributed by atoms with E-state index in [9.17, 15) is 4.79 Å². The average Bonchev–Trinajstić information content (AvgIpc) is 2.67. The van der Waals surface area contributed by atoms with Gasteiger partial charge in [-0.3, -0.25) is 0 Å². The van der Waals surface area contributed by atoms with Gasteiger partial charge in [0, 0.05) is 6.42 Å². The van der Waals surface area contributed by atoms with Crippen molar-refractivity contribution in [3.05, 3.63) is 48.0 Å². The molecule has 0 unspecified atom stereocenters. The highest BCUT2D eigenvalue weighted by Gasteiger charge is 2.14. The number of oxime groups is 1. The second-order valence-corrected chi connectivity index (χ2v) is 7.84. The summed E-state index contributed by atoms with van der Waals surface area (Å²) in [5.74, 6) is 0.0549. The maximum absolute atomic E-state index is 12.2. The van der Waals surface area contributed by atoms with Gasteiger partial charge in [0.25, 0.3) is 0 Å². The zero-order valence-electron chi connectivity index (χ0n) is 17.7. The van der Waals surface area contributed by atoms with E-state index in [1.54, 1.807) is 0 Å². The van der Waals surface area contributed by atoms with Crippen molar-refractivity contribution in [1.82, 2.24) is 0 Å². The van der Waals surface area contributed by atoms with Crippen LogP contribution >= 0.6 is 0 Å². The van der Waals surface area contributed by atoms with Gasteiger partial charge >= 0.3 is 5.97 Å². The minimum Gasteiger partial charge on any atom is -0.456 e. The summed E-state index contributed by atoms with van der Waals surface area (Å²) in [4.78, 5) is 12.2. The summed E-state index contributed by atoms with van der Waals surface area (Å²) in [6.07, 6.45) is 12.5. The van der Waals surface area contributed by atoms with E-state index in [0.717, 1.165) is 37.7 Å². The molecule has 1 aromatic rings. The summed E-state index contributed by atoms with van der Waals surface area (Å²) in [6, 6.07) is 8.09. The molecule has 1 rings (SSSR count). The second-order valence-electron chi connectivity index (χ2n) is 7.84. The van der Waals surface area contributed by atoms with Crippen molar-refractivity contribution in [1.29, 1.82) is 0 Å². The highest BCUT2D eigenvalue weighted by Crippen LogP contribution is 2.13. The van der Waals surface area contributed by atoms with Crippen molar-refractivity contribution in [2.75, 3.05) is 0 Å².